The number of carbonyl (C=O) groups excluding carboxylic acids is 2. The molecule has 0 bridgehead atoms. The van der Waals surface area contributed by atoms with Crippen LogP contribution in [0.5, 0.6) is 0 Å². The second kappa shape index (κ2) is 9.69. The average molecular weight is 412 g/mol. The van der Waals surface area contributed by atoms with E-state index < -0.39 is 5.97 Å². The van der Waals surface area contributed by atoms with Crippen LogP contribution in [0.15, 0.2) is 35.1 Å². The number of amides is 1. The van der Waals surface area contributed by atoms with Gasteiger partial charge >= 0.3 is 5.97 Å². The molecule has 1 aromatic heterocycles. The first kappa shape index (κ1) is 21.7. The molecule has 0 spiro atoms. The summed E-state index contributed by atoms with van der Waals surface area (Å²) in [7, 11) is 0. The van der Waals surface area contributed by atoms with Gasteiger partial charge in [0.25, 0.3) is 11.5 Å². The fourth-order valence-corrected chi connectivity index (χ4v) is 3.73. The zero-order valence-electron chi connectivity index (χ0n) is 17.8. The summed E-state index contributed by atoms with van der Waals surface area (Å²) in [5.74, 6) is -0.107. The molecule has 0 saturated carbocycles. The van der Waals surface area contributed by atoms with Crippen molar-refractivity contribution in [2.75, 3.05) is 19.7 Å². The Balaban J connectivity index is 1.78. The number of hydrogen-bond acceptors (Lipinski definition) is 5. The number of carbonyl (C=O) groups is 2. The molecule has 160 valence electrons. The zero-order chi connectivity index (χ0) is 21.7. The third kappa shape index (κ3) is 4.96. The minimum atomic E-state index is -0.606. The number of ether oxygens (including phenoxy) is 1. The van der Waals surface area contributed by atoms with Crippen molar-refractivity contribution in [1.29, 1.82) is 0 Å². The number of likely N-dealkylation sites (N-methyl/N-ethyl adjacent to an activating group) is 1. The molecular weight excluding hydrogens is 382 g/mol. The van der Waals surface area contributed by atoms with Gasteiger partial charge in [0.2, 0.25) is 0 Å². The molecule has 0 saturated heterocycles. The van der Waals surface area contributed by atoms with Crippen molar-refractivity contribution in [3.05, 3.63) is 52.1 Å². The summed E-state index contributed by atoms with van der Waals surface area (Å²) in [6.07, 6.45) is 4.98. The molecule has 0 atom stereocenters. The number of benzene rings is 1. The van der Waals surface area contributed by atoms with E-state index in [4.69, 9.17) is 4.74 Å². The molecule has 0 unspecified atom stereocenters. The van der Waals surface area contributed by atoms with Gasteiger partial charge in [0.1, 0.15) is 5.82 Å². The Labute approximate surface area is 176 Å². The molecule has 2 aromatic rings. The van der Waals surface area contributed by atoms with Gasteiger partial charge < -0.3 is 9.64 Å². The molecule has 1 aromatic carbocycles. The van der Waals surface area contributed by atoms with Crippen LogP contribution in [-0.4, -0.2) is 46.0 Å². The molecule has 1 amide bonds. The molecule has 0 radical (unpaired) electrons. The summed E-state index contributed by atoms with van der Waals surface area (Å²) in [6.45, 7) is 8.81. The first-order chi connectivity index (χ1) is 14.4. The number of aromatic nitrogens is 2. The number of rotatable bonds is 6. The predicted molar refractivity (Wildman–Crippen MR) is 116 cm³/mol. The monoisotopic (exact) mass is 411 g/mol. The van der Waals surface area contributed by atoms with Gasteiger partial charge in [-0.05, 0) is 44.9 Å². The number of nitrogens with zero attached hydrogens (tertiary/aromatic N) is 3. The molecule has 7 heteroatoms. The highest BCUT2D eigenvalue weighted by molar-refractivity contribution is 5.95. The minimum Gasteiger partial charge on any atom is -0.452 e. The molecule has 2 heterocycles. The molecule has 0 fully saturated rings. The summed E-state index contributed by atoms with van der Waals surface area (Å²) in [6, 6.07) is 4.75. The smallest absolute Gasteiger partial charge is 0.338 e. The minimum absolute atomic E-state index is 0.0645. The Bertz CT molecular complexity index is 1030. The van der Waals surface area contributed by atoms with Gasteiger partial charge in [-0.3, -0.25) is 14.2 Å². The normalized spacial score (nSPS) is 13.8. The Morgan fingerprint density at radius 1 is 1.23 bits per heavy atom. The van der Waals surface area contributed by atoms with Gasteiger partial charge in [-0.2, -0.15) is 0 Å². The largest absolute Gasteiger partial charge is 0.452 e. The summed E-state index contributed by atoms with van der Waals surface area (Å²) in [4.78, 5) is 43.9. The molecule has 0 N–H and O–H groups in total. The highest BCUT2D eigenvalue weighted by Gasteiger charge is 2.18. The highest BCUT2D eigenvalue weighted by atomic mass is 16.5. The fraction of sp³-hybridized carbons (Fsp3) is 0.478. The van der Waals surface area contributed by atoms with Crippen LogP contribution in [-0.2, 0) is 22.5 Å². The number of hydrogen-bond donors (Lipinski definition) is 0. The van der Waals surface area contributed by atoms with E-state index in [0.717, 1.165) is 43.5 Å². The second-order valence-electron chi connectivity index (χ2n) is 7.82. The van der Waals surface area contributed by atoms with Gasteiger partial charge in [-0.25, -0.2) is 9.78 Å². The van der Waals surface area contributed by atoms with Crippen LogP contribution in [0.1, 0.15) is 55.7 Å². The van der Waals surface area contributed by atoms with E-state index in [1.54, 1.807) is 27.7 Å². The second-order valence-corrected chi connectivity index (χ2v) is 7.82. The highest BCUT2D eigenvalue weighted by Crippen LogP contribution is 2.17. The fourth-order valence-electron chi connectivity index (χ4n) is 3.73. The Kier molecular flexibility index (Phi) is 7.03. The molecule has 1 aliphatic rings. The van der Waals surface area contributed by atoms with Gasteiger partial charge in [-0.1, -0.05) is 25.0 Å². The van der Waals surface area contributed by atoms with Crippen molar-refractivity contribution in [3.8, 4) is 0 Å². The van der Waals surface area contributed by atoms with E-state index in [-0.39, 0.29) is 23.6 Å². The van der Waals surface area contributed by atoms with Gasteiger partial charge in [-0.15, -0.1) is 0 Å². The van der Waals surface area contributed by atoms with Crippen molar-refractivity contribution in [1.82, 2.24) is 14.5 Å². The van der Waals surface area contributed by atoms with Crippen LogP contribution in [0.25, 0.3) is 10.9 Å². The lowest BCUT2D eigenvalue weighted by Crippen LogP contribution is -2.35. The van der Waals surface area contributed by atoms with Crippen molar-refractivity contribution in [2.24, 2.45) is 0 Å². The summed E-state index contributed by atoms with van der Waals surface area (Å²) < 4.78 is 6.97. The van der Waals surface area contributed by atoms with Crippen LogP contribution in [0, 0.1) is 0 Å². The lowest BCUT2D eigenvalue weighted by molar-refractivity contribution is -0.133. The molecule has 1 aliphatic heterocycles. The van der Waals surface area contributed by atoms with Crippen molar-refractivity contribution in [2.45, 2.75) is 52.5 Å². The van der Waals surface area contributed by atoms with Crippen molar-refractivity contribution < 1.29 is 14.3 Å². The van der Waals surface area contributed by atoms with E-state index >= 15 is 0 Å². The lowest BCUT2D eigenvalue weighted by Gasteiger charge is -2.20. The van der Waals surface area contributed by atoms with Crippen molar-refractivity contribution in [3.63, 3.8) is 0 Å². The number of fused-ring (bicyclic) bond motifs is 2. The van der Waals surface area contributed by atoms with Crippen molar-refractivity contribution >= 4 is 22.8 Å². The summed E-state index contributed by atoms with van der Waals surface area (Å²) >= 11 is 0. The first-order valence-corrected chi connectivity index (χ1v) is 10.5. The molecular formula is C23H29N3O4. The maximum Gasteiger partial charge on any atom is 0.338 e. The van der Waals surface area contributed by atoms with E-state index in [1.807, 2.05) is 13.8 Å². The molecule has 3 rings (SSSR count). The standard InChI is InChI=1S/C23H29N3O4/c1-4-25(14-16(2)3)21(27)15-30-23(29)17-10-11-18-19(13-17)24-20-9-7-5-6-8-12-26(20)22(18)28/h10-11,13H,2,4-9,12,14-15H2,1,3H3. The van der Waals surface area contributed by atoms with Gasteiger partial charge in [0, 0.05) is 26.1 Å². The molecule has 30 heavy (non-hydrogen) atoms. The molecule has 0 aliphatic carbocycles. The van der Waals surface area contributed by atoms with E-state index in [0.29, 0.717) is 30.5 Å². The van der Waals surface area contributed by atoms with Crippen LogP contribution >= 0.6 is 0 Å². The zero-order valence-corrected chi connectivity index (χ0v) is 17.8. The quantitative estimate of drug-likeness (QED) is 0.539. The van der Waals surface area contributed by atoms with Crippen LogP contribution < -0.4 is 5.56 Å². The lowest BCUT2D eigenvalue weighted by atomic mass is 10.1. The van der Waals surface area contributed by atoms with Crippen LogP contribution in [0.2, 0.25) is 0 Å². The summed E-state index contributed by atoms with van der Waals surface area (Å²) in [5, 5.41) is 0.491. The van der Waals surface area contributed by atoms with E-state index in [9.17, 15) is 14.4 Å². The summed E-state index contributed by atoms with van der Waals surface area (Å²) in [5.41, 5.74) is 1.56. The van der Waals surface area contributed by atoms with Crippen LogP contribution in [0.4, 0.5) is 0 Å². The van der Waals surface area contributed by atoms with Gasteiger partial charge in [0.05, 0.1) is 16.5 Å². The van der Waals surface area contributed by atoms with Gasteiger partial charge in [0.15, 0.2) is 6.61 Å². The first-order valence-electron chi connectivity index (χ1n) is 10.5. The van der Waals surface area contributed by atoms with Crippen LogP contribution in [0.3, 0.4) is 0 Å². The third-order valence-corrected chi connectivity index (χ3v) is 5.32. The molecule has 7 nitrogen and oxygen atoms in total. The Morgan fingerprint density at radius 3 is 2.73 bits per heavy atom. The maximum absolute atomic E-state index is 12.9. The Hall–Kier alpha value is -2.96. The average Bonchev–Trinajstić information content (AvgIpc) is 2.70. The SMILES string of the molecule is C=C(C)CN(CC)C(=O)COC(=O)c1ccc2c(=O)n3c(nc2c1)CCCCCC3. The predicted octanol–water partition coefficient (Wildman–Crippen LogP) is 3.09. The van der Waals surface area contributed by atoms with E-state index in [2.05, 4.69) is 11.6 Å². The topological polar surface area (TPSA) is 81.5 Å². The van der Waals surface area contributed by atoms with E-state index in [1.165, 1.54) is 0 Å². The third-order valence-electron chi connectivity index (χ3n) is 5.32. The maximum atomic E-state index is 12.9. The Morgan fingerprint density at radius 2 is 2.00 bits per heavy atom. The number of aryl methyl sites for hydroxylation is 1. The number of esters is 1.